The molecule has 1 aromatic heterocycles. The number of amides is 2. The van der Waals surface area contributed by atoms with Crippen LogP contribution in [0.1, 0.15) is 20.7 Å². The van der Waals surface area contributed by atoms with Gasteiger partial charge in [0, 0.05) is 11.8 Å². The number of hydrogen-bond donors (Lipinski definition) is 2. The summed E-state index contributed by atoms with van der Waals surface area (Å²) in [7, 11) is 1.48. The Morgan fingerprint density at radius 1 is 1.03 bits per heavy atom. The molecule has 29 heavy (non-hydrogen) atoms. The zero-order valence-electron chi connectivity index (χ0n) is 15.3. The maximum Gasteiger partial charge on any atom is 0.259 e. The number of nitrogens with one attached hydrogen (secondary N) is 2. The van der Waals surface area contributed by atoms with E-state index in [0.29, 0.717) is 33.5 Å². The summed E-state index contributed by atoms with van der Waals surface area (Å²) in [5.74, 6) is -0.115. The van der Waals surface area contributed by atoms with Gasteiger partial charge in [0.15, 0.2) is 5.69 Å². The van der Waals surface area contributed by atoms with Gasteiger partial charge in [-0.2, -0.15) is 0 Å². The maximum atomic E-state index is 12.8. The van der Waals surface area contributed by atoms with Crippen LogP contribution in [-0.2, 0) is 0 Å². The predicted octanol–water partition coefficient (Wildman–Crippen LogP) is 4.80. The number of carbonyl (C=O) groups is 2. The first-order valence-corrected chi connectivity index (χ1v) is 8.78. The number of pyridine rings is 1. The van der Waals surface area contributed by atoms with Crippen LogP contribution < -0.4 is 15.4 Å². The van der Waals surface area contributed by atoms with Crippen LogP contribution in [0.5, 0.6) is 5.75 Å². The molecule has 144 valence electrons. The first kappa shape index (κ1) is 19.9. The Hall–Kier alpha value is -3.89. The second-order valence-electron chi connectivity index (χ2n) is 5.84. The fourth-order valence-corrected chi connectivity index (χ4v) is 2.57. The quantitative estimate of drug-likeness (QED) is 0.596. The molecule has 7 nitrogen and oxygen atoms in total. The molecule has 0 aliphatic heterocycles. The molecule has 2 aromatic carbocycles. The average molecular weight is 407 g/mol. The van der Waals surface area contributed by atoms with E-state index >= 15 is 0 Å². The number of hydrogen-bond acceptors (Lipinski definition) is 4. The number of ether oxygens (including phenoxy) is 1. The number of methoxy groups -OCH3 is 1. The molecular formula is C21H15ClN4O3. The number of carbonyl (C=O) groups excluding carboxylic acids is 2. The Bertz CT molecular complexity index is 1090. The molecule has 3 rings (SSSR count). The minimum atomic E-state index is -0.475. The highest BCUT2D eigenvalue weighted by atomic mass is 35.5. The molecule has 0 unspecified atom stereocenters. The molecule has 0 bridgehead atoms. The molecule has 0 aliphatic rings. The van der Waals surface area contributed by atoms with Crippen molar-refractivity contribution in [1.82, 2.24) is 4.98 Å². The van der Waals surface area contributed by atoms with Crippen LogP contribution in [0.2, 0.25) is 5.02 Å². The zero-order valence-corrected chi connectivity index (χ0v) is 16.0. The fourth-order valence-electron chi connectivity index (χ4n) is 2.46. The molecular weight excluding hydrogens is 392 g/mol. The van der Waals surface area contributed by atoms with E-state index in [-0.39, 0.29) is 5.56 Å². The monoisotopic (exact) mass is 406 g/mol. The van der Waals surface area contributed by atoms with Gasteiger partial charge in [-0.05, 0) is 30.3 Å². The number of anilines is 2. The van der Waals surface area contributed by atoms with Gasteiger partial charge < -0.3 is 15.4 Å². The Kier molecular flexibility index (Phi) is 6.07. The fraction of sp³-hybridized carbons (Fsp3) is 0.0476. The third kappa shape index (κ3) is 4.89. The SMILES string of the molecule is [C-]#[N+]c1ccc(C(=O)Nc2ccc(OC)cc2C(=O)Nc2ccc(Cl)cn2)cc1. The second-order valence-corrected chi connectivity index (χ2v) is 6.28. The van der Waals surface area contributed by atoms with Crippen molar-refractivity contribution in [3.63, 3.8) is 0 Å². The lowest BCUT2D eigenvalue weighted by atomic mass is 10.1. The summed E-state index contributed by atoms with van der Waals surface area (Å²) in [6.07, 6.45) is 1.41. The number of nitrogens with zero attached hydrogens (tertiary/aromatic N) is 2. The first-order chi connectivity index (χ1) is 14.0. The van der Waals surface area contributed by atoms with Crippen LogP contribution >= 0.6 is 11.6 Å². The van der Waals surface area contributed by atoms with E-state index in [2.05, 4.69) is 20.5 Å². The Balaban J connectivity index is 1.86. The summed E-state index contributed by atoms with van der Waals surface area (Å²) in [5.41, 5.74) is 1.30. The van der Waals surface area contributed by atoms with Crippen molar-refractivity contribution in [1.29, 1.82) is 0 Å². The first-order valence-electron chi connectivity index (χ1n) is 8.40. The van der Waals surface area contributed by atoms with Gasteiger partial charge in [0.05, 0.1) is 30.0 Å². The highest BCUT2D eigenvalue weighted by Gasteiger charge is 2.16. The normalized spacial score (nSPS) is 9.97. The van der Waals surface area contributed by atoms with E-state index < -0.39 is 11.8 Å². The third-order valence-electron chi connectivity index (χ3n) is 3.95. The van der Waals surface area contributed by atoms with E-state index in [1.807, 2.05) is 0 Å². The maximum absolute atomic E-state index is 12.8. The summed E-state index contributed by atoms with van der Waals surface area (Å²) >= 11 is 5.81. The van der Waals surface area contributed by atoms with Gasteiger partial charge in [-0.3, -0.25) is 9.59 Å². The van der Waals surface area contributed by atoms with Crippen LogP contribution in [0.15, 0.2) is 60.8 Å². The van der Waals surface area contributed by atoms with Gasteiger partial charge in [-0.15, -0.1) is 0 Å². The molecule has 0 fully saturated rings. The predicted molar refractivity (Wildman–Crippen MR) is 111 cm³/mol. The molecule has 0 saturated heterocycles. The van der Waals surface area contributed by atoms with E-state index in [0.717, 1.165) is 0 Å². The number of halogens is 1. The Morgan fingerprint density at radius 2 is 1.79 bits per heavy atom. The van der Waals surface area contributed by atoms with Crippen LogP contribution in [-0.4, -0.2) is 23.9 Å². The lowest BCUT2D eigenvalue weighted by Gasteiger charge is -2.13. The van der Waals surface area contributed by atoms with Gasteiger partial charge in [0.2, 0.25) is 0 Å². The lowest BCUT2D eigenvalue weighted by molar-refractivity contribution is 0.102. The number of aromatic nitrogens is 1. The molecule has 3 aromatic rings. The summed E-state index contributed by atoms with van der Waals surface area (Å²) in [6.45, 7) is 6.97. The Morgan fingerprint density at radius 3 is 2.41 bits per heavy atom. The molecule has 2 amide bonds. The number of benzene rings is 2. The molecule has 0 spiro atoms. The third-order valence-corrected chi connectivity index (χ3v) is 4.17. The summed E-state index contributed by atoms with van der Waals surface area (Å²) in [4.78, 5) is 32.7. The second kappa shape index (κ2) is 8.87. The van der Waals surface area contributed by atoms with Crippen molar-refractivity contribution in [2.45, 2.75) is 0 Å². The lowest BCUT2D eigenvalue weighted by Crippen LogP contribution is -2.18. The summed E-state index contributed by atoms with van der Waals surface area (Å²) in [5, 5.41) is 5.82. The van der Waals surface area contributed by atoms with E-state index in [1.54, 1.807) is 48.5 Å². The standard InChI is InChI=1S/C21H15ClN4O3/c1-23-15-6-3-13(4-7-15)20(27)25-18-9-8-16(29-2)11-17(18)21(28)26-19-10-5-14(22)12-24-19/h3-12H,2H3,(H,25,27)(H,24,26,28). The molecule has 8 heteroatoms. The topological polar surface area (TPSA) is 84.7 Å². The van der Waals surface area contributed by atoms with Gasteiger partial charge in [-0.1, -0.05) is 35.9 Å². The van der Waals surface area contributed by atoms with E-state index in [9.17, 15) is 9.59 Å². The molecule has 0 saturated carbocycles. The summed E-state index contributed by atoms with van der Waals surface area (Å²) < 4.78 is 5.19. The van der Waals surface area contributed by atoms with E-state index in [1.165, 1.54) is 19.4 Å². The summed E-state index contributed by atoms with van der Waals surface area (Å²) in [6, 6.07) is 14.1. The highest BCUT2D eigenvalue weighted by molar-refractivity contribution is 6.30. The minimum absolute atomic E-state index is 0.201. The van der Waals surface area contributed by atoms with Crippen LogP contribution in [0.3, 0.4) is 0 Å². The molecule has 1 heterocycles. The van der Waals surface area contributed by atoms with Crippen LogP contribution in [0.4, 0.5) is 17.2 Å². The van der Waals surface area contributed by atoms with Crippen molar-refractivity contribution in [3.05, 3.63) is 88.4 Å². The molecule has 2 N–H and O–H groups in total. The van der Waals surface area contributed by atoms with Gasteiger partial charge in [0.1, 0.15) is 11.6 Å². The van der Waals surface area contributed by atoms with Crippen molar-refractivity contribution >= 4 is 40.6 Å². The van der Waals surface area contributed by atoms with Crippen molar-refractivity contribution in [2.24, 2.45) is 0 Å². The van der Waals surface area contributed by atoms with Gasteiger partial charge in [0.25, 0.3) is 11.8 Å². The smallest absolute Gasteiger partial charge is 0.259 e. The van der Waals surface area contributed by atoms with Gasteiger partial charge >= 0.3 is 0 Å². The van der Waals surface area contributed by atoms with Crippen LogP contribution in [0.25, 0.3) is 4.85 Å². The number of rotatable bonds is 5. The Labute approximate surface area is 172 Å². The highest BCUT2D eigenvalue weighted by Crippen LogP contribution is 2.24. The van der Waals surface area contributed by atoms with Crippen LogP contribution in [0, 0.1) is 6.57 Å². The van der Waals surface area contributed by atoms with Crippen molar-refractivity contribution < 1.29 is 14.3 Å². The average Bonchev–Trinajstić information content (AvgIpc) is 2.75. The zero-order chi connectivity index (χ0) is 20.8. The van der Waals surface area contributed by atoms with Gasteiger partial charge in [-0.25, -0.2) is 9.83 Å². The van der Waals surface area contributed by atoms with Crippen molar-refractivity contribution in [3.8, 4) is 5.75 Å². The minimum Gasteiger partial charge on any atom is -0.497 e. The molecule has 0 atom stereocenters. The molecule has 0 radical (unpaired) electrons. The molecule has 0 aliphatic carbocycles. The largest absolute Gasteiger partial charge is 0.497 e. The van der Waals surface area contributed by atoms with E-state index in [4.69, 9.17) is 22.9 Å². The van der Waals surface area contributed by atoms with Crippen molar-refractivity contribution in [2.75, 3.05) is 17.7 Å².